The third-order valence-corrected chi connectivity index (χ3v) is 13.4. The summed E-state index contributed by atoms with van der Waals surface area (Å²) in [6, 6.07) is 13.3. The third kappa shape index (κ3) is 7.76. The Morgan fingerprint density at radius 1 is 1.12 bits per heavy atom. The largest absolute Gasteiger partial charge is 0.459 e. The van der Waals surface area contributed by atoms with Crippen molar-refractivity contribution in [1.82, 2.24) is 4.90 Å². The second kappa shape index (κ2) is 13.3. The van der Waals surface area contributed by atoms with Crippen molar-refractivity contribution >= 4 is 42.8 Å². The molecule has 1 fully saturated rings. The number of carbonyl (C=O) groups is 3. The molecule has 11 heteroatoms. The fourth-order valence-corrected chi connectivity index (χ4v) is 6.94. The predicted octanol–water partition coefficient (Wildman–Crippen LogP) is 6.53. The van der Waals surface area contributed by atoms with Crippen LogP contribution in [0, 0.1) is 16.0 Å². The number of nitro benzene ring substituents is 1. The average molecular weight is 613 g/mol. The first-order chi connectivity index (χ1) is 19.5. The lowest BCUT2D eigenvalue weighted by Crippen LogP contribution is -2.70. The second-order valence-corrected chi connectivity index (χ2v) is 18.1. The van der Waals surface area contributed by atoms with Crippen LogP contribution in [-0.4, -0.2) is 53.3 Å². The van der Waals surface area contributed by atoms with Gasteiger partial charge in [0.2, 0.25) is 5.91 Å². The van der Waals surface area contributed by atoms with E-state index in [1.54, 1.807) is 6.92 Å². The Kier molecular flexibility index (Phi) is 10.6. The molecule has 0 saturated carbocycles. The van der Waals surface area contributed by atoms with Gasteiger partial charge < -0.3 is 14.1 Å². The van der Waals surface area contributed by atoms with Crippen LogP contribution in [0.3, 0.4) is 0 Å². The molecule has 0 aromatic heterocycles. The summed E-state index contributed by atoms with van der Waals surface area (Å²) in [6.07, 6.45) is -0.434. The number of benzene rings is 2. The molecule has 0 unspecified atom stereocenters. The molecule has 1 amide bonds. The first-order valence-electron chi connectivity index (χ1n) is 13.8. The number of β-lactam (4-membered cyclic amide) rings is 1. The highest BCUT2D eigenvalue weighted by atomic mass is 32.2. The first kappa shape index (κ1) is 33.2. The van der Waals surface area contributed by atoms with Crippen LogP contribution in [0.4, 0.5) is 5.69 Å². The predicted molar refractivity (Wildman–Crippen MR) is 165 cm³/mol. The summed E-state index contributed by atoms with van der Waals surface area (Å²) in [4.78, 5) is 53.0. The van der Waals surface area contributed by atoms with Crippen LogP contribution < -0.4 is 0 Å². The van der Waals surface area contributed by atoms with Crippen molar-refractivity contribution in [2.45, 2.75) is 88.9 Å². The fraction of sp³-hybridized carbons (Fsp3) is 0.452. The van der Waals surface area contributed by atoms with Gasteiger partial charge in [-0.1, -0.05) is 57.3 Å². The van der Waals surface area contributed by atoms with Crippen LogP contribution in [0.1, 0.15) is 46.6 Å². The van der Waals surface area contributed by atoms with Crippen LogP contribution >= 0.6 is 11.8 Å². The zero-order chi connectivity index (χ0) is 31.4. The highest BCUT2D eigenvalue weighted by Crippen LogP contribution is 2.43. The van der Waals surface area contributed by atoms with E-state index < -0.39 is 43.3 Å². The van der Waals surface area contributed by atoms with Gasteiger partial charge in [-0.2, -0.15) is 0 Å². The molecular weight excluding hydrogens is 573 g/mol. The van der Waals surface area contributed by atoms with Crippen LogP contribution in [0.5, 0.6) is 0 Å². The normalized spacial score (nSPS) is 18.5. The number of likely N-dealkylation sites (tertiary alicyclic amines) is 1. The molecule has 1 saturated heterocycles. The standard InChI is InChI=1S/C31H40N2O7SSi/c1-20(2)28(30(36)39-19-22-14-16-23(17-15-22)33(37)38)32-25(18-26(34)41-24-12-10-9-11-13-24)27(29(32)35)21(3)40-42(7,8)31(4,5)6/h9-17,21,25,27-28H,1,18-19H2,2-8H3/t21-,25-,27-,28-/m1/s1. The minimum absolute atomic E-state index is 0.0284. The summed E-state index contributed by atoms with van der Waals surface area (Å²) in [7, 11) is -2.24. The Bertz CT molecular complexity index is 1330. The van der Waals surface area contributed by atoms with Gasteiger partial charge in [-0.05, 0) is 67.4 Å². The molecule has 0 aliphatic carbocycles. The molecule has 0 bridgehead atoms. The van der Waals surface area contributed by atoms with E-state index in [0.717, 1.165) is 16.7 Å². The molecule has 4 atom stereocenters. The molecule has 1 aliphatic heterocycles. The number of nitro groups is 1. The lowest BCUT2D eigenvalue weighted by Gasteiger charge is -2.53. The number of thioether (sulfide) groups is 1. The molecule has 1 aliphatic rings. The minimum Gasteiger partial charge on any atom is -0.459 e. The van der Waals surface area contributed by atoms with Crippen molar-refractivity contribution in [3.63, 3.8) is 0 Å². The number of hydrogen-bond donors (Lipinski definition) is 0. The molecular formula is C31H40N2O7SSi. The Balaban J connectivity index is 1.84. The van der Waals surface area contributed by atoms with E-state index in [1.807, 2.05) is 37.3 Å². The molecule has 0 N–H and O–H groups in total. The Labute approximate surface area is 252 Å². The quantitative estimate of drug-likeness (QED) is 0.0505. The molecule has 42 heavy (non-hydrogen) atoms. The van der Waals surface area contributed by atoms with Gasteiger partial charge in [0.05, 0.1) is 23.0 Å². The Morgan fingerprint density at radius 3 is 2.24 bits per heavy atom. The van der Waals surface area contributed by atoms with Crippen LogP contribution in [0.2, 0.25) is 18.1 Å². The number of amides is 1. The highest BCUT2D eigenvalue weighted by molar-refractivity contribution is 8.13. The number of ether oxygens (including phenoxy) is 1. The average Bonchev–Trinajstić information content (AvgIpc) is 2.89. The van der Waals surface area contributed by atoms with E-state index in [4.69, 9.17) is 9.16 Å². The number of non-ortho nitro benzene ring substituents is 1. The zero-order valence-electron chi connectivity index (χ0n) is 25.3. The van der Waals surface area contributed by atoms with E-state index in [-0.39, 0.29) is 34.8 Å². The molecule has 9 nitrogen and oxygen atoms in total. The maximum Gasteiger partial charge on any atom is 0.333 e. The number of rotatable bonds is 12. The third-order valence-electron chi connectivity index (χ3n) is 7.95. The topological polar surface area (TPSA) is 116 Å². The van der Waals surface area contributed by atoms with Crippen molar-refractivity contribution in [2.75, 3.05) is 0 Å². The second-order valence-electron chi connectivity index (χ2n) is 12.2. The molecule has 226 valence electrons. The van der Waals surface area contributed by atoms with Gasteiger partial charge in [-0.15, -0.1) is 0 Å². The van der Waals surface area contributed by atoms with Gasteiger partial charge in [0.1, 0.15) is 6.61 Å². The highest BCUT2D eigenvalue weighted by Gasteiger charge is 2.56. The summed E-state index contributed by atoms with van der Waals surface area (Å²) in [5.74, 6) is -1.58. The monoisotopic (exact) mass is 612 g/mol. The van der Waals surface area contributed by atoms with Gasteiger partial charge in [0.25, 0.3) is 5.69 Å². The summed E-state index contributed by atoms with van der Waals surface area (Å²) >= 11 is 1.10. The summed E-state index contributed by atoms with van der Waals surface area (Å²) in [5.41, 5.74) is 0.892. The van der Waals surface area contributed by atoms with Crippen molar-refractivity contribution in [3.8, 4) is 0 Å². The van der Waals surface area contributed by atoms with Gasteiger partial charge >= 0.3 is 5.97 Å². The van der Waals surface area contributed by atoms with Gasteiger partial charge in [-0.25, -0.2) is 4.79 Å². The van der Waals surface area contributed by atoms with Crippen LogP contribution in [-0.2, 0) is 30.2 Å². The Morgan fingerprint density at radius 2 is 1.71 bits per heavy atom. The van der Waals surface area contributed by atoms with Crippen molar-refractivity contribution in [3.05, 3.63) is 82.4 Å². The van der Waals surface area contributed by atoms with E-state index in [9.17, 15) is 24.5 Å². The maximum atomic E-state index is 13.7. The van der Waals surface area contributed by atoms with Crippen molar-refractivity contribution < 1.29 is 28.5 Å². The smallest absolute Gasteiger partial charge is 0.333 e. The maximum absolute atomic E-state index is 13.7. The summed E-state index contributed by atoms with van der Waals surface area (Å²) < 4.78 is 12.1. The van der Waals surface area contributed by atoms with Crippen LogP contribution in [0.15, 0.2) is 71.6 Å². The zero-order valence-corrected chi connectivity index (χ0v) is 27.1. The van der Waals surface area contributed by atoms with E-state index in [1.165, 1.54) is 29.2 Å². The van der Waals surface area contributed by atoms with Gasteiger partial charge in [0, 0.05) is 23.4 Å². The summed E-state index contributed by atoms with van der Waals surface area (Å²) in [5, 5.41) is 10.7. The lowest BCUT2D eigenvalue weighted by molar-refractivity contribution is -0.384. The van der Waals surface area contributed by atoms with Crippen molar-refractivity contribution in [1.29, 1.82) is 0 Å². The van der Waals surface area contributed by atoms with Gasteiger partial charge in [-0.3, -0.25) is 19.7 Å². The minimum atomic E-state index is -2.24. The first-order valence-corrected chi connectivity index (χ1v) is 17.6. The van der Waals surface area contributed by atoms with Gasteiger partial charge in [0.15, 0.2) is 19.5 Å². The fourth-order valence-electron chi connectivity index (χ4n) is 4.70. The molecule has 3 rings (SSSR count). The van der Waals surface area contributed by atoms with E-state index >= 15 is 0 Å². The SMILES string of the molecule is C=C(C)[C@H](C(=O)OCc1ccc([N+](=O)[O-])cc1)N1C(=O)[C@H]([C@@H](C)O[Si](C)(C)C(C)(C)C)[C@H]1CC(=O)Sc1ccccc1. The van der Waals surface area contributed by atoms with E-state index in [2.05, 4.69) is 40.4 Å². The molecule has 1 heterocycles. The summed E-state index contributed by atoms with van der Waals surface area (Å²) in [6.45, 7) is 17.9. The molecule has 2 aromatic rings. The molecule has 0 spiro atoms. The molecule has 2 aromatic carbocycles. The number of hydrogen-bond acceptors (Lipinski definition) is 8. The Hall–Kier alpha value is -3.28. The number of nitrogens with zero attached hydrogens (tertiary/aromatic N) is 2. The molecule has 0 radical (unpaired) electrons. The van der Waals surface area contributed by atoms with Crippen molar-refractivity contribution in [2.24, 2.45) is 5.92 Å². The van der Waals surface area contributed by atoms with Crippen LogP contribution in [0.25, 0.3) is 0 Å². The number of carbonyl (C=O) groups excluding carboxylic acids is 3. The lowest BCUT2D eigenvalue weighted by atomic mass is 9.79. The van der Waals surface area contributed by atoms with E-state index in [0.29, 0.717) is 11.1 Å². The number of esters is 1.